The van der Waals surface area contributed by atoms with Crippen molar-refractivity contribution in [3.8, 4) is 93.7 Å². The maximum absolute atomic E-state index is 7.52. The minimum Gasteiger partial charge on any atom is -0.493 e. The Hall–Kier alpha value is -8.08. The molecular weight excluding hydrogens is 1290 g/mol. The molecule has 6 aromatic carbocycles. The highest BCUT2D eigenvalue weighted by Crippen LogP contribution is 2.37. The largest absolute Gasteiger partial charge is 0.493 e. The monoisotopic (exact) mass is 1420 g/mol. The van der Waals surface area contributed by atoms with Crippen LogP contribution in [0.15, 0.2) is 91.0 Å². The summed E-state index contributed by atoms with van der Waals surface area (Å²) in [5, 5.41) is 0. The van der Waals surface area contributed by atoms with E-state index in [9.17, 15) is 0 Å². The molecule has 105 heavy (non-hydrogen) atoms. The molecule has 0 aliphatic rings. The summed E-state index contributed by atoms with van der Waals surface area (Å²) in [6.45, 7) is 41.6. The van der Waals surface area contributed by atoms with Gasteiger partial charge in [0, 0.05) is 27.8 Å². The van der Waals surface area contributed by atoms with Gasteiger partial charge in [-0.15, -0.1) is 0 Å². The summed E-state index contributed by atoms with van der Waals surface area (Å²) in [7, 11) is 0. The Morgan fingerprint density at radius 3 is 0.590 bits per heavy atom. The van der Waals surface area contributed by atoms with Crippen LogP contribution in [0.5, 0.6) is 34.5 Å². The minimum absolute atomic E-state index is 0.259. The Balaban J connectivity index is 1.77. The van der Waals surface area contributed by atoms with E-state index in [-0.39, 0.29) is 5.92 Å². The summed E-state index contributed by atoms with van der Waals surface area (Å²) in [5.74, 6) is 45.0. The molecule has 0 saturated carbocycles. The molecule has 6 aromatic rings. The molecule has 6 unspecified atom stereocenters. The summed E-state index contributed by atoms with van der Waals surface area (Å²) in [5.41, 5.74) is 12.3. The lowest BCUT2D eigenvalue weighted by Gasteiger charge is -2.20. The maximum atomic E-state index is 7.52. The summed E-state index contributed by atoms with van der Waals surface area (Å²) < 4.78 is 40.5. The molecule has 6 nitrogen and oxygen atoms in total. The molecule has 0 spiro atoms. The number of hydrogen-bond donors (Lipinski definition) is 0. The van der Waals surface area contributed by atoms with Crippen molar-refractivity contribution >= 4 is 0 Å². The van der Waals surface area contributed by atoms with Gasteiger partial charge < -0.3 is 28.4 Å². The molecule has 0 aliphatic carbocycles. The van der Waals surface area contributed by atoms with Crippen LogP contribution in [0.3, 0.4) is 0 Å². The van der Waals surface area contributed by atoms with E-state index in [2.05, 4.69) is 268 Å². The quantitative estimate of drug-likeness (QED) is 0.0356. The summed E-state index contributed by atoms with van der Waals surface area (Å²) in [6.07, 6.45) is 27.2. The van der Waals surface area contributed by atoms with E-state index in [1.165, 1.54) is 64.2 Å². The van der Waals surface area contributed by atoms with Gasteiger partial charge in [0.15, 0.2) is 5.75 Å². The van der Waals surface area contributed by atoms with Gasteiger partial charge in [0.2, 0.25) is 0 Å². The van der Waals surface area contributed by atoms with Crippen molar-refractivity contribution in [1.29, 1.82) is 0 Å². The van der Waals surface area contributed by atoms with E-state index in [0.717, 1.165) is 174 Å². The second-order valence-electron chi connectivity index (χ2n) is 29.7. The zero-order valence-electron chi connectivity index (χ0n) is 68.3. The molecule has 0 aliphatic heterocycles. The highest BCUT2D eigenvalue weighted by molar-refractivity contribution is 5.78. The van der Waals surface area contributed by atoms with E-state index in [1.54, 1.807) is 0 Å². The smallest absolute Gasteiger partial charge is 0.153 e. The lowest BCUT2D eigenvalue weighted by molar-refractivity contribution is 0.232. The maximum Gasteiger partial charge on any atom is 0.153 e. The van der Waals surface area contributed by atoms with Crippen LogP contribution in [-0.4, -0.2) is 39.6 Å². The first-order valence-corrected chi connectivity index (χ1v) is 41.2. The van der Waals surface area contributed by atoms with Gasteiger partial charge >= 0.3 is 0 Å². The fourth-order valence-electron chi connectivity index (χ4n) is 13.2. The van der Waals surface area contributed by atoms with Gasteiger partial charge in [0.25, 0.3) is 0 Å². The van der Waals surface area contributed by atoms with Gasteiger partial charge in [-0.25, -0.2) is 0 Å². The van der Waals surface area contributed by atoms with Crippen LogP contribution >= 0.6 is 0 Å². The number of hydrogen-bond acceptors (Lipinski definition) is 6. The van der Waals surface area contributed by atoms with E-state index >= 15 is 0 Å². The highest BCUT2D eigenvalue weighted by atomic mass is 16.5. The van der Waals surface area contributed by atoms with Crippen molar-refractivity contribution in [3.05, 3.63) is 174 Å². The van der Waals surface area contributed by atoms with Crippen molar-refractivity contribution in [2.75, 3.05) is 39.6 Å². The van der Waals surface area contributed by atoms with Gasteiger partial charge in [-0.05, 0) is 227 Å². The van der Waals surface area contributed by atoms with Gasteiger partial charge in [-0.1, -0.05) is 258 Å². The Morgan fingerprint density at radius 1 is 0.229 bits per heavy atom. The Morgan fingerprint density at radius 2 is 0.410 bits per heavy atom. The first kappa shape index (κ1) is 85.8. The SMILES string of the molecule is CCCCC(CC)COc1ccc(C#Cc2c(C#Cc3ccc(OCC(CC)CCCC)c(C)c3)c(C#Cc3ccc(OCC(CC)CCCC)c(C)c3)c(OCC(CC)CCCC)c(C#Cc3ccc(OCC(CC)CCCC)c(C)c3)c2C#Cc2ccc(OCC(CC)CCCC)c(C)c2)cc1C. The fraction of sp³-hybridized carbons (Fsp3) is 0.535. The molecule has 0 fully saturated rings. The number of benzene rings is 6. The van der Waals surface area contributed by atoms with Crippen LogP contribution in [0.4, 0.5) is 0 Å². The average molecular weight is 1420 g/mol. The number of rotatable bonds is 42. The Bertz CT molecular complexity index is 3750. The molecule has 0 aromatic heterocycles. The normalized spacial score (nSPS) is 12.6. The van der Waals surface area contributed by atoms with Crippen LogP contribution < -0.4 is 28.4 Å². The lowest BCUT2D eigenvalue weighted by atomic mass is 9.89. The van der Waals surface area contributed by atoms with Crippen LogP contribution in [0.1, 0.15) is 321 Å². The second-order valence-corrected chi connectivity index (χ2v) is 29.7. The number of aryl methyl sites for hydroxylation is 5. The Kier molecular flexibility index (Phi) is 39.4. The van der Waals surface area contributed by atoms with Gasteiger partial charge in [0.1, 0.15) is 28.7 Å². The van der Waals surface area contributed by atoms with Crippen molar-refractivity contribution in [1.82, 2.24) is 0 Å². The van der Waals surface area contributed by atoms with Gasteiger partial charge in [-0.2, -0.15) is 0 Å². The first-order chi connectivity index (χ1) is 51.1. The van der Waals surface area contributed by atoms with E-state index in [4.69, 9.17) is 28.4 Å². The molecule has 0 heterocycles. The molecule has 6 heteroatoms. The van der Waals surface area contributed by atoms with Crippen molar-refractivity contribution in [2.24, 2.45) is 35.5 Å². The molecule has 0 amide bonds. The first-order valence-electron chi connectivity index (χ1n) is 41.2. The zero-order valence-corrected chi connectivity index (χ0v) is 68.3. The van der Waals surface area contributed by atoms with E-state index in [0.29, 0.717) is 103 Å². The van der Waals surface area contributed by atoms with Crippen molar-refractivity contribution in [3.63, 3.8) is 0 Å². The molecule has 0 N–H and O–H groups in total. The lowest BCUT2D eigenvalue weighted by Crippen LogP contribution is -2.14. The number of ether oxygens (including phenoxy) is 6. The second kappa shape index (κ2) is 48.2. The van der Waals surface area contributed by atoms with Gasteiger partial charge in [-0.3, -0.25) is 0 Å². The standard InChI is InChI=1S/C99H132O6/c1-18-30-36-78(24-7)67-100-94-57-47-84(62-73(94)13)42-52-89-90(53-43-85-48-58-95(74(14)63-85)101-68-79(25-8)37-31-19-2)92(55-45-87-50-60-97(76(16)65-87)103-70-81(27-10)39-33-21-4)99(105-72-83(29-12)41-35-23-6)93(56-46-88-51-61-98(77(17)66-88)104-71-82(28-11)40-34-22-5)91(89)54-44-86-49-59-96(75(15)64-86)102-69-80(26-9)38-32-20-3/h47-51,57-66,78-83H,18-41,67-72H2,1-17H3. The molecule has 564 valence electrons. The molecule has 0 radical (unpaired) electrons. The van der Waals surface area contributed by atoms with E-state index < -0.39 is 0 Å². The average Bonchev–Trinajstić information content (AvgIpc) is 0.761. The summed E-state index contributed by atoms with van der Waals surface area (Å²) in [6, 6.07) is 31.4. The summed E-state index contributed by atoms with van der Waals surface area (Å²) in [4.78, 5) is 0. The van der Waals surface area contributed by atoms with Crippen LogP contribution in [0.2, 0.25) is 0 Å². The number of unbranched alkanes of at least 4 members (excludes halogenated alkanes) is 6. The fourth-order valence-corrected chi connectivity index (χ4v) is 13.2. The predicted octanol–water partition coefficient (Wildman–Crippen LogP) is 25.8. The zero-order chi connectivity index (χ0) is 75.7. The third-order valence-corrected chi connectivity index (χ3v) is 21.1. The van der Waals surface area contributed by atoms with Crippen molar-refractivity contribution < 1.29 is 28.4 Å². The molecular formula is C99H132O6. The Labute approximate surface area is 639 Å². The third kappa shape index (κ3) is 28.6. The van der Waals surface area contributed by atoms with Crippen LogP contribution in [0.25, 0.3) is 0 Å². The molecule has 0 bridgehead atoms. The molecule has 6 rings (SSSR count). The van der Waals surface area contributed by atoms with Crippen molar-refractivity contribution in [2.45, 2.75) is 272 Å². The predicted molar refractivity (Wildman–Crippen MR) is 445 cm³/mol. The van der Waals surface area contributed by atoms with Crippen LogP contribution in [-0.2, 0) is 0 Å². The molecule has 6 atom stereocenters. The summed E-state index contributed by atoms with van der Waals surface area (Å²) >= 11 is 0. The van der Waals surface area contributed by atoms with Crippen LogP contribution in [0, 0.1) is 129 Å². The highest BCUT2D eigenvalue weighted by Gasteiger charge is 2.25. The third-order valence-electron chi connectivity index (χ3n) is 21.1. The van der Waals surface area contributed by atoms with E-state index in [1.807, 2.05) is 0 Å². The minimum atomic E-state index is 0.259. The molecule has 0 saturated heterocycles. The van der Waals surface area contributed by atoms with Gasteiger partial charge in [0.05, 0.1) is 67.5 Å². The topological polar surface area (TPSA) is 55.4 Å².